The van der Waals surface area contributed by atoms with Crippen LogP contribution in [0, 0.1) is 0 Å². The minimum atomic E-state index is -3.54. The van der Waals surface area contributed by atoms with Crippen LogP contribution in [-0.4, -0.2) is 57.6 Å². The Hall–Kier alpha value is -3.85. The van der Waals surface area contributed by atoms with Crippen molar-refractivity contribution in [1.29, 1.82) is 0 Å². The molecular formula is C30H37N3O5S. The van der Waals surface area contributed by atoms with Crippen molar-refractivity contribution in [2.45, 2.75) is 38.8 Å². The number of nitrogens with zero attached hydrogens (tertiary/aromatic N) is 2. The van der Waals surface area contributed by atoms with Crippen LogP contribution in [0.3, 0.4) is 0 Å². The van der Waals surface area contributed by atoms with Gasteiger partial charge in [0.2, 0.25) is 21.8 Å². The van der Waals surface area contributed by atoms with Crippen molar-refractivity contribution < 1.29 is 22.7 Å². The smallest absolute Gasteiger partial charge is 0.243 e. The quantitative estimate of drug-likeness (QED) is 0.327. The number of ether oxygens (including phenoxy) is 1. The molecule has 3 aromatic rings. The van der Waals surface area contributed by atoms with Gasteiger partial charge in [-0.2, -0.15) is 0 Å². The van der Waals surface area contributed by atoms with Crippen LogP contribution >= 0.6 is 0 Å². The van der Waals surface area contributed by atoms with Crippen LogP contribution in [0.25, 0.3) is 0 Å². The van der Waals surface area contributed by atoms with Gasteiger partial charge in [0.1, 0.15) is 11.8 Å². The number of methoxy groups -OCH3 is 1. The second kappa shape index (κ2) is 14.3. The Morgan fingerprint density at radius 1 is 0.923 bits per heavy atom. The summed E-state index contributed by atoms with van der Waals surface area (Å²) in [6, 6.07) is 25.1. The van der Waals surface area contributed by atoms with Crippen molar-refractivity contribution in [3.8, 4) is 5.75 Å². The first-order valence-corrected chi connectivity index (χ1v) is 14.8. The van der Waals surface area contributed by atoms with Gasteiger partial charge in [-0.05, 0) is 48.7 Å². The molecular weight excluding hydrogens is 514 g/mol. The molecule has 0 fully saturated rings. The Morgan fingerprint density at radius 3 is 2.18 bits per heavy atom. The molecule has 0 heterocycles. The predicted molar refractivity (Wildman–Crippen MR) is 154 cm³/mol. The van der Waals surface area contributed by atoms with E-state index in [1.807, 2.05) is 67.6 Å². The maximum Gasteiger partial charge on any atom is 0.243 e. The third-order valence-electron chi connectivity index (χ3n) is 6.31. The lowest BCUT2D eigenvalue weighted by Gasteiger charge is -2.32. The van der Waals surface area contributed by atoms with E-state index in [1.54, 1.807) is 36.3 Å². The van der Waals surface area contributed by atoms with Gasteiger partial charge >= 0.3 is 0 Å². The summed E-state index contributed by atoms with van der Waals surface area (Å²) < 4.78 is 31.6. The number of carbonyl (C=O) groups is 2. The molecule has 3 rings (SSSR count). The number of rotatable bonds is 14. The molecule has 0 aliphatic carbocycles. The summed E-state index contributed by atoms with van der Waals surface area (Å²) in [5, 5.41) is 2.88. The van der Waals surface area contributed by atoms with Crippen molar-refractivity contribution in [2.24, 2.45) is 0 Å². The van der Waals surface area contributed by atoms with Gasteiger partial charge in [-0.1, -0.05) is 60.7 Å². The molecule has 2 amide bonds. The summed E-state index contributed by atoms with van der Waals surface area (Å²) in [7, 11) is -1.96. The van der Waals surface area contributed by atoms with Crippen LogP contribution in [0.1, 0.15) is 30.9 Å². The first-order chi connectivity index (χ1) is 18.7. The molecule has 208 valence electrons. The van der Waals surface area contributed by atoms with Crippen molar-refractivity contribution in [3.05, 3.63) is 96.1 Å². The van der Waals surface area contributed by atoms with E-state index in [2.05, 4.69) is 5.32 Å². The highest BCUT2D eigenvalue weighted by atomic mass is 32.2. The molecule has 0 saturated carbocycles. The fourth-order valence-corrected chi connectivity index (χ4v) is 5.38. The average Bonchev–Trinajstić information content (AvgIpc) is 2.93. The molecule has 1 atom stereocenters. The van der Waals surface area contributed by atoms with Gasteiger partial charge in [-0.25, -0.2) is 8.42 Å². The number of para-hydroxylation sites is 1. The van der Waals surface area contributed by atoms with E-state index < -0.39 is 16.1 Å². The number of amides is 2. The average molecular weight is 552 g/mol. The standard InChI is InChI=1S/C30H37N3O5S/c1-4-31-30(35)28(22-24-13-7-5-8-14-24)32(23-25-15-11-18-27(21-25)38-2)29(34)19-12-20-33(39(3,36)37)26-16-9-6-10-17-26/h5-11,13-18,21,28H,4,12,19-20,22-23H2,1-3H3,(H,31,35)/t28-/m0/s1. The van der Waals surface area contributed by atoms with E-state index in [1.165, 1.54) is 4.31 Å². The summed E-state index contributed by atoms with van der Waals surface area (Å²) >= 11 is 0. The van der Waals surface area contributed by atoms with E-state index in [0.29, 0.717) is 30.8 Å². The van der Waals surface area contributed by atoms with Crippen LogP contribution in [-0.2, 0) is 32.6 Å². The summed E-state index contributed by atoms with van der Waals surface area (Å²) in [6.45, 7) is 2.63. The van der Waals surface area contributed by atoms with Crippen LogP contribution in [0.5, 0.6) is 5.75 Å². The second-order valence-corrected chi connectivity index (χ2v) is 11.2. The zero-order valence-corrected chi connectivity index (χ0v) is 23.6. The maximum absolute atomic E-state index is 13.8. The summed E-state index contributed by atoms with van der Waals surface area (Å²) in [5.41, 5.74) is 2.31. The van der Waals surface area contributed by atoms with Gasteiger partial charge < -0.3 is 15.0 Å². The zero-order valence-electron chi connectivity index (χ0n) is 22.7. The highest BCUT2D eigenvalue weighted by Gasteiger charge is 2.30. The molecule has 3 aromatic carbocycles. The molecule has 0 saturated heterocycles. The van der Waals surface area contributed by atoms with Crippen molar-refractivity contribution in [2.75, 3.05) is 30.8 Å². The number of nitrogens with one attached hydrogen (secondary N) is 1. The van der Waals surface area contributed by atoms with Crippen molar-refractivity contribution in [3.63, 3.8) is 0 Å². The topological polar surface area (TPSA) is 96.0 Å². The molecule has 0 spiro atoms. The van der Waals surface area contributed by atoms with Gasteiger partial charge in [-0.3, -0.25) is 13.9 Å². The maximum atomic E-state index is 13.8. The first kappa shape index (κ1) is 29.7. The number of hydrogen-bond acceptors (Lipinski definition) is 5. The van der Waals surface area contributed by atoms with Crippen LogP contribution in [0.15, 0.2) is 84.9 Å². The number of sulfonamides is 1. The lowest BCUT2D eigenvalue weighted by atomic mass is 10.0. The molecule has 9 heteroatoms. The number of hydrogen-bond donors (Lipinski definition) is 1. The Labute approximate surface area is 231 Å². The summed E-state index contributed by atoms with van der Waals surface area (Å²) in [4.78, 5) is 28.6. The van der Waals surface area contributed by atoms with E-state index in [4.69, 9.17) is 4.74 Å². The molecule has 0 bridgehead atoms. The number of likely N-dealkylation sites (N-methyl/N-ethyl adjacent to an activating group) is 1. The van der Waals surface area contributed by atoms with E-state index >= 15 is 0 Å². The Bertz CT molecular complexity index is 1320. The molecule has 39 heavy (non-hydrogen) atoms. The van der Waals surface area contributed by atoms with E-state index in [0.717, 1.165) is 17.4 Å². The highest BCUT2D eigenvalue weighted by Crippen LogP contribution is 2.21. The van der Waals surface area contributed by atoms with E-state index in [-0.39, 0.29) is 31.3 Å². The number of carbonyl (C=O) groups excluding carboxylic acids is 2. The number of benzene rings is 3. The molecule has 8 nitrogen and oxygen atoms in total. The summed E-state index contributed by atoms with van der Waals surface area (Å²) in [6.07, 6.45) is 1.88. The minimum Gasteiger partial charge on any atom is -0.497 e. The lowest BCUT2D eigenvalue weighted by Crippen LogP contribution is -2.50. The first-order valence-electron chi connectivity index (χ1n) is 13.0. The van der Waals surface area contributed by atoms with Crippen LogP contribution in [0.2, 0.25) is 0 Å². The largest absolute Gasteiger partial charge is 0.497 e. The fourth-order valence-electron chi connectivity index (χ4n) is 4.41. The molecule has 0 unspecified atom stereocenters. The Balaban J connectivity index is 1.87. The van der Waals surface area contributed by atoms with Gasteiger partial charge in [0.15, 0.2) is 0 Å². The molecule has 0 aromatic heterocycles. The zero-order chi connectivity index (χ0) is 28.3. The van der Waals surface area contributed by atoms with Crippen LogP contribution < -0.4 is 14.4 Å². The van der Waals surface area contributed by atoms with Gasteiger partial charge in [0.25, 0.3) is 0 Å². The normalized spacial score (nSPS) is 11.9. The molecule has 0 radical (unpaired) electrons. The SMILES string of the molecule is CCNC(=O)[C@H](Cc1ccccc1)N(Cc1cccc(OC)c1)C(=O)CCCN(c1ccccc1)S(C)(=O)=O. The summed E-state index contributed by atoms with van der Waals surface area (Å²) in [5.74, 6) is 0.190. The Morgan fingerprint density at radius 2 is 1.56 bits per heavy atom. The fraction of sp³-hybridized carbons (Fsp3) is 0.333. The van der Waals surface area contributed by atoms with Gasteiger partial charge in [0.05, 0.1) is 19.1 Å². The monoisotopic (exact) mass is 551 g/mol. The van der Waals surface area contributed by atoms with Crippen molar-refractivity contribution >= 4 is 27.5 Å². The lowest BCUT2D eigenvalue weighted by molar-refractivity contribution is -0.141. The number of anilines is 1. The van der Waals surface area contributed by atoms with Gasteiger partial charge in [-0.15, -0.1) is 0 Å². The van der Waals surface area contributed by atoms with Gasteiger partial charge in [0, 0.05) is 32.5 Å². The third kappa shape index (κ3) is 8.85. The third-order valence-corrected chi connectivity index (χ3v) is 7.50. The van der Waals surface area contributed by atoms with Crippen LogP contribution in [0.4, 0.5) is 5.69 Å². The van der Waals surface area contributed by atoms with E-state index in [9.17, 15) is 18.0 Å². The second-order valence-electron chi connectivity index (χ2n) is 9.25. The molecule has 1 N–H and O–H groups in total. The highest BCUT2D eigenvalue weighted by molar-refractivity contribution is 7.92. The minimum absolute atomic E-state index is 0.0769. The van der Waals surface area contributed by atoms with Crippen molar-refractivity contribution in [1.82, 2.24) is 10.2 Å². The molecule has 0 aliphatic rings. The predicted octanol–water partition coefficient (Wildman–Crippen LogP) is 4.02. The Kier molecular flexibility index (Phi) is 10.9. The molecule has 0 aliphatic heterocycles.